The molecule has 1 aliphatic rings. The third-order valence-electron chi connectivity index (χ3n) is 4.97. The van der Waals surface area contributed by atoms with Gasteiger partial charge in [0.1, 0.15) is 0 Å². The zero-order chi connectivity index (χ0) is 16.2. The largest absolute Gasteiger partial charge is 0.310 e. The summed E-state index contributed by atoms with van der Waals surface area (Å²) in [4.78, 5) is 0. The van der Waals surface area contributed by atoms with Crippen LogP contribution in [0.4, 0.5) is 0 Å². The van der Waals surface area contributed by atoms with E-state index >= 15 is 0 Å². The maximum Gasteiger partial charge on any atom is 0.0515 e. The van der Waals surface area contributed by atoms with Gasteiger partial charge in [-0.25, -0.2) is 5.43 Å². The number of hydrogen-bond donors (Lipinski definition) is 3. The number of benzene rings is 2. The van der Waals surface area contributed by atoms with Crippen LogP contribution in [-0.2, 0) is 0 Å². The SMILES string of the molecule is Cc1ccc(C2NNCC2CNC(C)c2ccccc2)cc1C. The quantitative estimate of drug-likeness (QED) is 0.792. The summed E-state index contributed by atoms with van der Waals surface area (Å²) < 4.78 is 0. The first-order valence-electron chi connectivity index (χ1n) is 8.49. The van der Waals surface area contributed by atoms with Crippen LogP contribution in [0.2, 0.25) is 0 Å². The van der Waals surface area contributed by atoms with Crippen molar-refractivity contribution in [2.75, 3.05) is 13.1 Å². The van der Waals surface area contributed by atoms with Gasteiger partial charge in [-0.3, -0.25) is 5.43 Å². The van der Waals surface area contributed by atoms with Crippen LogP contribution in [0.25, 0.3) is 0 Å². The predicted molar refractivity (Wildman–Crippen MR) is 96.1 cm³/mol. The Balaban J connectivity index is 1.64. The average Bonchev–Trinajstić information content (AvgIpc) is 3.04. The molecular formula is C20H27N3. The normalized spacial score (nSPS) is 22.2. The summed E-state index contributed by atoms with van der Waals surface area (Å²) in [5.74, 6) is 0.545. The fraction of sp³-hybridized carbons (Fsp3) is 0.400. The molecule has 2 aromatic carbocycles. The van der Waals surface area contributed by atoms with E-state index < -0.39 is 0 Å². The van der Waals surface area contributed by atoms with E-state index in [1.807, 2.05) is 0 Å². The van der Waals surface area contributed by atoms with Crippen LogP contribution in [0, 0.1) is 19.8 Å². The Morgan fingerprint density at radius 3 is 2.61 bits per heavy atom. The Bertz CT molecular complexity index is 639. The monoisotopic (exact) mass is 309 g/mol. The molecular weight excluding hydrogens is 282 g/mol. The molecule has 3 atom stereocenters. The van der Waals surface area contributed by atoms with Crippen molar-refractivity contribution in [2.24, 2.45) is 5.92 Å². The van der Waals surface area contributed by atoms with E-state index in [4.69, 9.17) is 0 Å². The second kappa shape index (κ2) is 7.26. The van der Waals surface area contributed by atoms with E-state index in [1.54, 1.807) is 0 Å². The number of aryl methyl sites for hydroxylation is 2. The molecule has 3 nitrogen and oxygen atoms in total. The van der Waals surface area contributed by atoms with Gasteiger partial charge < -0.3 is 5.32 Å². The van der Waals surface area contributed by atoms with Crippen LogP contribution >= 0.6 is 0 Å². The summed E-state index contributed by atoms with van der Waals surface area (Å²) in [7, 11) is 0. The first-order valence-corrected chi connectivity index (χ1v) is 8.49. The van der Waals surface area contributed by atoms with Gasteiger partial charge in [-0.1, -0.05) is 48.5 Å². The van der Waals surface area contributed by atoms with Gasteiger partial charge in [0.05, 0.1) is 6.04 Å². The Labute approximate surface area is 139 Å². The number of hydrogen-bond acceptors (Lipinski definition) is 3. The molecule has 23 heavy (non-hydrogen) atoms. The Morgan fingerprint density at radius 1 is 1.09 bits per heavy atom. The van der Waals surface area contributed by atoms with Crippen LogP contribution in [0.1, 0.15) is 41.3 Å². The van der Waals surface area contributed by atoms with E-state index in [-0.39, 0.29) is 0 Å². The van der Waals surface area contributed by atoms with Crippen molar-refractivity contribution >= 4 is 0 Å². The molecule has 0 radical (unpaired) electrons. The van der Waals surface area contributed by atoms with Gasteiger partial charge in [0.25, 0.3) is 0 Å². The molecule has 1 fully saturated rings. The number of hydrazine groups is 1. The van der Waals surface area contributed by atoms with Crippen molar-refractivity contribution in [3.05, 3.63) is 70.8 Å². The minimum absolute atomic E-state index is 0.366. The summed E-state index contributed by atoms with van der Waals surface area (Å²) in [6.45, 7) is 8.57. The highest BCUT2D eigenvalue weighted by Gasteiger charge is 2.28. The average molecular weight is 309 g/mol. The zero-order valence-corrected chi connectivity index (χ0v) is 14.3. The van der Waals surface area contributed by atoms with Gasteiger partial charge in [0.15, 0.2) is 0 Å². The standard InChI is InChI=1S/C20H27N3/c1-14-9-10-18(11-15(14)2)20-19(13-22-23-20)12-21-16(3)17-7-5-4-6-8-17/h4-11,16,19-23H,12-13H2,1-3H3. The van der Waals surface area contributed by atoms with Gasteiger partial charge in [0, 0.05) is 25.0 Å². The lowest BCUT2D eigenvalue weighted by molar-refractivity contribution is 0.418. The van der Waals surface area contributed by atoms with E-state index in [0.29, 0.717) is 18.0 Å². The van der Waals surface area contributed by atoms with Crippen molar-refractivity contribution in [2.45, 2.75) is 32.9 Å². The lowest BCUT2D eigenvalue weighted by atomic mass is 9.92. The molecule has 0 aliphatic carbocycles. The molecule has 0 aromatic heterocycles. The van der Waals surface area contributed by atoms with Crippen LogP contribution in [-0.4, -0.2) is 13.1 Å². The van der Waals surface area contributed by atoms with E-state index in [2.05, 4.69) is 85.5 Å². The molecule has 1 heterocycles. The molecule has 0 saturated carbocycles. The lowest BCUT2D eigenvalue weighted by Gasteiger charge is -2.22. The van der Waals surface area contributed by atoms with Crippen LogP contribution in [0.3, 0.4) is 0 Å². The molecule has 1 aliphatic heterocycles. The van der Waals surface area contributed by atoms with Gasteiger partial charge in [-0.15, -0.1) is 0 Å². The van der Waals surface area contributed by atoms with Crippen molar-refractivity contribution in [3.63, 3.8) is 0 Å². The molecule has 0 spiro atoms. The minimum atomic E-state index is 0.366. The number of rotatable bonds is 5. The third-order valence-corrected chi connectivity index (χ3v) is 4.97. The van der Waals surface area contributed by atoms with E-state index in [0.717, 1.165) is 13.1 Å². The second-order valence-corrected chi connectivity index (χ2v) is 6.65. The Morgan fingerprint density at radius 2 is 1.87 bits per heavy atom. The van der Waals surface area contributed by atoms with Crippen LogP contribution in [0.5, 0.6) is 0 Å². The first-order chi connectivity index (χ1) is 11.1. The van der Waals surface area contributed by atoms with E-state index in [9.17, 15) is 0 Å². The summed E-state index contributed by atoms with van der Waals surface area (Å²) in [5.41, 5.74) is 12.2. The molecule has 1 saturated heterocycles. The highest BCUT2D eigenvalue weighted by Crippen LogP contribution is 2.26. The molecule has 0 bridgehead atoms. The molecule has 3 rings (SSSR count). The highest BCUT2D eigenvalue weighted by atomic mass is 15.4. The summed E-state index contributed by atoms with van der Waals surface area (Å²) in [5, 5.41) is 3.69. The Kier molecular flexibility index (Phi) is 5.11. The smallest absolute Gasteiger partial charge is 0.0515 e. The minimum Gasteiger partial charge on any atom is -0.310 e. The van der Waals surface area contributed by atoms with Gasteiger partial charge in [-0.05, 0) is 43.0 Å². The maximum absolute atomic E-state index is 3.69. The molecule has 0 amide bonds. The zero-order valence-electron chi connectivity index (χ0n) is 14.3. The van der Waals surface area contributed by atoms with Crippen molar-refractivity contribution < 1.29 is 0 Å². The highest BCUT2D eigenvalue weighted by molar-refractivity contribution is 5.32. The van der Waals surface area contributed by atoms with Gasteiger partial charge >= 0.3 is 0 Å². The topological polar surface area (TPSA) is 36.1 Å². The molecule has 122 valence electrons. The number of nitrogens with one attached hydrogen (secondary N) is 3. The molecule has 3 N–H and O–H groups in total. The summed E-state index contributed by atoms with van der Waals surface area (Å²) in [6.07, 6.45) is 0. The maximum atomic E-state index is 3.69. The van der Waals surface area contributed by atoms with Crippen LogP contribution < -0.4 is 16.2 Å². The molecule has 3 heteroatoms. The van der Waals surface area contributed by atoms with Crippen LogP contribution in [0.15, 0.2) is 48.5 Å². The fourth-order valence-electron chi connectivity index (χ4n) is 3.23. The summed E-state index contributed by atoms with van der Waals surface area (Å²) >= 11 is 0. The lowest BCUT2D eigenvalue weighted by Crippen LogP contribution is -2.30. The van der Waals surface area contributed by atoms with Crippen molar-refractivity contribution in [1.82, 2.24) is 16.2 Å². The molecule has 2 aromatic rings. The molecule has 3 unspecified atom stereocenters. The second-order valence-electron chi connectivity index (χ2n) is 6.65. The van der Waals surface area contributed by atoms with Gasteiger partial charge in [0.2, 0.25) is 0 Å². The first kappa shape index (κ1) is 16.2. The fourth-order valence-corrected chi connectivity index (χ4v) is 3.23. The Hall–Kier alpha value is -1.68. The van der Waals surface area contributed by atoms with Crippen molar-refractivity contribution in [3.8, 4) is 0 Å². The van der Waals surface area contributed by atoms with Crippen molar-refractivity contribution in [1.29, 1.82) is 0 Å². The third kappa shape index (κ3) is 3.81. The predicted octanol–water partition coefficient (Wildman–Crippen LogP) is 3.42. The summed E-state index contributed by atoms with van der Waals surface area (Å²) in [6, 6.07) is 18.2. The van der Waals surface area contributed by atoms with Gasteiger partial charge in [-0.2, -0.15) is 0 Å². The van der Waals surface area contributed by atoms with E-state index in [1.165, 1.54) is 22.3 Å².